The van der Waals surface area contributed by atoms with Crippen LogP contribution in [0.15, 0.2) is 59.5 Å². The molecule has 1 aliphatic heterocycles. The van der Waals surface area contributed by atoms with E-state index in [1.165, 1.54) is 16.8 Å². The van der Waals surface area contributed by atoms with E-state index in [0.717, 1.165) is 34.3 Å². The molecular weight excluding hydrogens is 409 g/mol. The third-order valence-electron chi connectivity index (χ3n) is 6.05. The molecule has 0 bridgehead atoms. The van der Waals surface area contributed by atoms with Crippen molar-refractivity contribution in [3.8, 4) is 0 Å². The van der Waals surface area contributed by atoms with Gasteiger partial charge in [-0.25, -0.2) is 13.9 Å². The van der Waals surface area contributed by atoms with Crippen molar-refractivity contribution in [2.75, 3.05) is 0 Å². The minimum atomic E-state index is -0.306. The minimum absolute atomic E-state index is 0.000598. The van der Waals surface area contributed by atoms with E-state index in [9.17, 15) is 14.0 Å². The van der Waals surface area contributed by atoms with Crippen molar-refractivity contribution in [3.05, 3.63) is 88.0 Å². The maximum atomic E-state index is 13.1. The second-order valence-corrected chi connectivity index (χ2v) is 8.26. The van der Waals surface area contributed by atoms with Gasteiger partial charge in [-0.3, -0.25) is 9.36 Å². The summed E-state index contributed by atoms with van der Waals surface area (Å²) >= 11 is 0. The molecule has 0 aliphatic carbocycles. The van der Waals surface area contributed by atoms with Crippen molar-refractivity contribution < 1.29 is 9.18 Å². The van der Waals surface area contributed by atoms with Crippen LogP contribution in [0.4, 0.5) is 4.39 Å². The highest BCUT2D eigenvalue weighted by Gasteiger charge is 2.22. The van der Waals surface area contributed by atoms with E-state index in [4.69, 9.17) is 0 Å². The van der Waals surface area contributed by atoms with Gasteiger partial charge in [-0.05, 0) is 42.2 Å². The van der Waals surface area contributed by atoms with Gasteiger partial charge in [-0.2, -0.15) is 5.10 Å². The van der Waals surface area contributed by atoms with Gasteiger partial charge < -0.3 is 10.3 Å². The molecule has 0 saturated heterocycles. The standard InChI is InChI=1S/C24H24FN5O2/c25-18-7-5-16(6-8-18)15-30-24(32)29-12-11-19(9-10-22(29)28-30)27-23(31)13-17-14-26-21-4-2-1-3-20(17)21/h1-8,14,19,26H,9-13,15H2,(H,27,31). The van der Waals surface area contributed by atoms with Crippen LogP contribution in [0.1, 0.15) is 29.8 Å². The van der Waals surface area contributed by atoms with Crippen LogP contribution in [0.2, 0.25) is 0 Å². The molecule has 1 amide bonds. The fourth-order valence-electron chi connectivity index (χ4n) is 4.37. The van der Waals surface area contributed by atoms with E-state index in [-0.39, 0.29) is 23.5 Å². The number of para-hydroxylation sites is 1. The predicted molar refractivity (Wildman–Crippen MR) is 119 cm³/mol. The van der Waals surface area contributed by atoms with Crippen molar-refractivity contribution in [1.29, 1.82) is 0 Å². The van der Waals surface area contributed by atoms with Gasteiger partial charge >= 0.3 is 5.69 Å². The van der Waals surface area contributed by atoms with Crippen LogP contribution in [0, 0.1) is 5.82 Å². The Morgan fingerprint density at radius 2 is 1.97 bits per heavy atom. The lowest BCUT2D eigenvalue weighted by atomic mass is 10.1. The first-order chi connectivity index (χ1) is 15.6. The van der Waals surface area contributed by atoms with Crippen LogP contribution >= 0.6 is 0 Å². The largest absolute Gasteiger partial charge is 0.361 e. The molecule has 0 spiro atoms. The van der Waals surface area contributed by atoms with Crippen LogP contribution < -0.4 is 11.0 Å². The zero-order chi connectivity index (χ0) is 22.1. The molecule has 2 aromatic heterocycles. The van der Waals surface area contributed by atoms with Crippen LogP contribution in [0.25, 0.3) is 10.9 Å². The molecule has 32 heavy (non-hydrogen) atoms. The van der Waals surface area contributed by atoms with Gasteiger partial charge in [0.15, 0.2) is 0 Å². The van der Waals surface area contributed by atoms with E-state index in [1.54, 1.807) is 16.7 Å². The predicted octanol–water partition coefficient (Wildman–Crippen LogP) is 2.78. The lowest BCUT2D eigenvalue weighted by Gasteiger charge is -2.16. The van der Waals surface area contributed by atoms with E-state index < -0.39 is 0 Å². The van der Waals surface area contributed by atoms with Gasteiger partial charge in [0.05, 0.1) is 13.0 Å². The quantitative estimate of drug-likeness (QED) is 0.508. The average molecular weight is 433 g/mol. The number of halogens is 1. The van der Waals surface area contributed by atoms with Gasteiger partial charge in [0.25, 0.3) is 0 Å². The number of H-pyrrole nitrogens is 1. The van der Waals surface area contributed by atoms with Crippen molar-refractivity contribution in [2.24, 2.45) is 0 Å². The van der Waals surface area contributed by atoms with Crippen molar-refractivity contribution in [1.82, 2.24) is 24.6 Å². The molecule has 164 valence electrons. The van der Waals surface area contributed by atoms with E-state index >= 15 is 0 Å². The Morgan fingerprint density at radius 1 is 1.16 bits per heavy atom. The van der Waals surface area contributed by atoms with Crippen LogP contribution in [0.3, 0.4) is 0 Å². The average Bonchev–Trinajstić information content (AvgIpc) is 3.25. The van der Waals surface area contributed by atoms with Gasteiger partial charge in [0, 0.05) is 36.1 Å². The molecule has 3 heterocycles. The first-order valence-electron chi connectivity index (χ1n) is 10.8. The monoisotopic (exact) mass is 433 g/mol. The normalized spacial score (nSPS) is 16.0. The molecule has 4 aromatic rings. The first kappa shape index (κ1) is 20.2. The summed E-state index contributed by atoms with van der Waals surface area (Å²) in [6.07, 6.45) is 4.22. The first-order valence-corrected chi connectivity index (χ1v) is 10.8. The van der Waals surface area contributed by atoms with Gasteiger partial charge in [0.1, 0.15) is 11.6 Å². The highest BCUT2D eigenvalue weighted by molar-refractivity contribution is 5.88. The van der Waals surface area contributed by atoms with Gasteiger partial charge in [-0.15, -0.1) is 0 Å². The zero-order valence-corrected chi connectivity index (χ0v) is 17.6. The number of fused-ring (bicyclic) bond motifs is 2. The Morgan fingerprint density at radius 3 is 2.81 bits per heavy atom. The summed E-state index contributed by atoms with van der Waals surface area (Å²) in [5.41, 5.74) is 2.65. The molecule has 5 rings (SSSR count). The maximum absolute atomic E-state index is 13.1. The van der Waals surface area contributed by atoms with Gasteiger partial charge in [-0.1, -0.05) is 30.3 Å². The number of carbonyl (C=O) groups is 1. The van der Waals surface area contributed by atoms with Crippen molar-refractivity contribution in [2.45, 2.75) is 44.8 Å². The number of aromatic nitrogens is 4. The maximum Gasteiger partial charge on any atom is 0.346 e. The lowest BCUT2D eigenvalue weighted by molar-refractivity contribution is -0.121. The molecule has 0 radical (unpaired) electrons. The third kappa shape index (κ3) is 4.08. The third-order valence-corrected chi connectivity index (χ3v) is 6.05. The van der Waals surface area contributed by atoms with E-state index in [1.807, 2.05) is 30.5 Å². The number of nitrogens with one attached hydrogen (secondary N) is 2. The van der Waals surface area contributed by atoms with Crippen LogP contribution in [0.5, 0.6) is 0 Å². The smallest absolute Gasteiger partial charge is 0.346 e. The second kappa shape index (κ2) is 8.45. The number of benzene rings is 2. The zero-order valence-electron chi connectivity index (χ0n) is 17.6. The Hall–Kier alpha value is -3.68. The topological polar surface area (TPSA) is 84.7 Å². The number of aromatic amines is 1. The summed E-state index contributed by atoms with van der Waals surface area (Å²) in [4.78, 5) is 28.7. The van der Waals surface area contributed by atoms with E-state index in [2.05, 4.69) is 15.4 Å². The summed E-state index contributed by atoms with van der Waals surface area (Å²) in [5.74, 6) is 0.401. The number of nitrogens with zero attached hydrogens (tertiary/aromatic N) is 3. The number of aryl methyl sites for hydroxylation is 1. The number of amides is 1. The second-order valence-electron chi connectivity index (χ2n) is 8.26. The summed E-state index contributed by atoms with van der Waals surface area (Å²) in [6.45, 7) is 0.819. The Labute approximate surface area is 183 Å². The van der Waals surface area contributed by atoms with Crippen molar-refractivity contribution in [3.63, 3.8) is 0 Å². The fourth-order valence-corrected chi connectivity index (χ4v) is 4.37. The van der Waals surface area contributed by atoms with Crippen molar-refractivity contribution >= 4 is 16.8 Å². The Kier molecular flexibility index (Phi) is 5.34. The van der Waals surface area contributed by atoms with Crippen LogP contribution in [-0.4, -0.2) is 31.3 Å². The number of carbonyl (C=O) groups excluding carboxylic acids is 1. The molecule has 1 unspecified atom stereocenters. The van der Waals surface area contributed by atoms with Crippen LogP contribution in [-0.2, 0) is 30.7 Å². The molecule has 1 aliphatic rings. The molecule has 1 atom stereocenters. The Bertz CT molecular complexity index is 1320. The van der Waals surface area contributed by atoms with Gasteiger partial charge in [0.2, 0.25) is 5.91 Å². The molecule has 0 saturated carbocycles. The molecule has 2 aromatic carbocycles. The molecule has 8 heteroatoms. The lowest BCUT2D eigenvalue weighted by Crippen LogP contribution is -2.36. The Balaban J connectivity index is 1.22. The fraction of sp³-hybridized carbons (Fsp3) is 0.292. The highest BCUT2D eigenvalue weighted by atomic mass is 19.1. The molecule has 7 nitrogen and oxygen atoms in total. The minimum Gasteiger partial charge on any atom is -0.361 e. The summed E-state index contributed by atoms with van der Waals surface area (Å²) in [5, 5.41) is 8.68. The SMILES string of the molecule is O=C(Cc1c[nH]c2ccccc12)NC1CCc2nn(Cc3ccc(F)cc3)c(=O)n2CC1. The summed E-state index contributed by atoms with van der Waals surface area (Å²) in [7, 11) is 0. The summed E-state index contributed by atoms with van der Waals surface area (Å²) < 4.78 is 16.2. The number of rotatable bonds is 5. The summed E-state index contributed by atoms with van der Waals surface area (Å²) in [6, 6.07) is 14.0. The van der Waals surface area contributed by atoms with E-state index in [0.29, 0.717) is 32.4 Å². The highest BCUT2D eigenvalue weighted by Crippen LogP contribution is 2.19. The number of hydrogen-bond donors (Lipinski definition) is 2. The number of hydrogen-bond acceptors (Lipinski definition) is 3. The molecule has 0 fully saturated rings. The molecular formula is C24H24FN5O2. The molecule has 2 N–H and O–H groups in total.